The Hall–Kier alpha value is -1.97. The number of rotatable bonds is 3. The molecule has 2 aromatic rings. The number of fused-ring (bicyclic) bond motifs is 1. The van der Waals surface area contributed by atoms with Crippen LogP contribution in [0.25, 0.3) is 10.9 Å². The Labute approximate surface area is 99.7 Å². The van der Waals surface area contributed by atoms with Crippen LogP contribution in [-0.4, -0.2) is 24.8 Å². The zero-order valence-electron chi connectivity index (χ0n) is 10.2. The second-order valence-electron chi connectivity index (χ2n) is 3.90. The topological polar surface area (TPSA) is 40.5 Å². The molecule has 0 aliphatic rings. The Morgan fingerprint density at radius 3 is 2.76 bits per heavy atom. The van der Waals surface area contributed by atoms with Gasteiger partial charge in [0.05, 0.1) is 20.6 Å². The Kier molecular flexibility index (Phi) is 3.04. The summed E-state index contributed by atoms with van der Waals surface area (Å²) in [5.74, 6) is 0.551. The van der Waals surface area contributed by atoms with Gasteiger partial charge in [-0.05, 0) is 23.8 Å². The van der Waals surface area contributed by atoms with Gasteiger partial charge in [-0.25, -0.2) is 0 Å². The summed E-state index contributed by atoms with van der Waals surface area (Å²) in [6, 6.07) is 5.83. The van der Waals surface area contributed by atoms with E-state index >= 15 is 0 Å². The van der Waals surface area contributed by atoms with Crippen molar-refractivity contribution in [3.05, 3.63) is 30.0 Å². The predicted octanol–water partition coefficient (Wildman–Crippen LogP) is 1.90. The van der Waals surface area contributed by atoms with Crippen LogP contribution in [0.1, 0.15) is 5.56 Å². The fourth-order valence-electron chi connectivity index (χ4n) is 1.95. The van der Waals surface area contributed by atoms with Crippen LogP contribution < -0.4 is 4.74 Å². The SMILES string of the molecule is COC(=O)Cc1cn(C)c2ccc(OC)cc12. The number of hydrogen-bond donors (Lipinski definition) is 0. The molecular formula is C13H15NO3. The highest BCUT2D eigenvalue weighted by Gasteiger charge is 2.11. The van der Waals surface area contributed by atoms with Crippen LogP contribution in [0.2, 0.25) is 0 Å². The highest BCUT2D eigenvalue weighted by atomic mass is 16.5. The Morgan fingerprint density at radius 1 is 1.35 bits per heavy atom. The number of benzene rings is 1. The predicted molar refractivity (Wildman–Crippen MR) is 65.2 cm³/mol. The van der Waals surface area contributed by atoms with E-state index in [1.54, 1.807) is 7.11 Å². The summed E-state index contributed by atoms with van der Waals surface area (Å²) >= 11 is 0. The van der Waals surface area contributed by atoms with Gasteiger partial charge in [0.15, 0.2) is 0 Å². The van der Waals surface area contributed by atoms with Crippen LogP contribution in [0.3, 0.4) is 0 Å². The molecule has 0 N–H and O–H groups in total. The largest absolute Gasteiger partial charge is 0.497 e. The molecule has 0 saturated carbocycles. The maximum Gasteiger partial charge on any atom is 0.310 e. The van der Waals surface area contributed by atoms with Gasteiger partial charge in [-0.2, -0.15) is 0 Å². The van der Waals surface area contributed by atoms with E-state index in [1.165, 1.54) is 7.11 Å². The lowest BCUT2D eigenvalue weighted by molar-refractivity contribution is -0.139. The monoisotopic (exact) mass is 233 g/mol. The molecule has 0 spiro atoms. The average molecular weight is 233 g/mol. The average Bonchev–Trinajstić information content (AvgIpc) is 2.65. The van der Waals surface area contributed by atoms with E-state index in [0.29, 0.717) is 0 Å². The molecule has 4 nitrogen and oxygen atoms in total. The zero-order valence-corrected chi connectivity index (χ0v) is 10.2. The standard InChI is InChI=1S/C13H15NO3/c1-14-8-9(6-13(15)17-3)11-7-10(16-2)4-5-12(11)14/h4-5,7-8H,6H2,1-3H3. The molecular weight excluding hydrogens is 218 g/mol. The van der Waals surface area contributed by atoms with E-state index in [9.17, 15) is 4.79 Å². The first-order chi connectivity index (χ1) is 8.15. The van der Waals surface area contributed by atoms with Gasteiger partial charge in [0.2, 0.25) is 0 Å². The van der Waals surface area contributed by atoms with Crippen molar-refractivity contribution < 1.29 is 14.3 Å². The van der Waals surface area contributed by atoms with Crippen molar-refractivity contribution in [3.8, 4) is 5.75 Å². The molecule has 1 heterocycles. The van der Waals surface area contributed by atoms with E-state index in [4.69, 9.17) is 4.74 Å². The summed E-state index contributed by atoms with van der Waals surface area (Å²) in [5, 5.41) is 1.03. The van der Waals surface area contributed by atoms with Crippen LogP contribution in [0.5, 0.6) is 5.75 Å². The molecule has 0 atom stereocenters. The summed E-state index contributed by atoms with van der Waals surface area (Å²) in [4.78, 5) is 11.3. The highest BCUT2D eigenvalue weighted by molar-refractivity contribution is 5.88. The number of hydrogen-bond acceptors (Lipinski definition) is 3. The first-order valence-electron chi connectivity index (χ1n) is 5.34. The zero-order chi connectivity index (χ0) is 12.4. The maximum absolute atomic E-state index is 11.3. The molecule has 4 heteroatoms. The van der Waals surface area contributed by atoms with E-state index < -0.39 is 0 Å². The lowest BCUT2D eigenvalue weighted by Crippen LogP contribution is -2.03. The first-order valence-corrected chi connectivity index (χ1v) is 5.34. The third-order valence-electron chi connectivity index (χ3n) is 2.84. The van der Waals surface area contributed by atoms with Gasteiger partial charge in [-0.3, -0.25) is 4.79 Å². The van der Waals surface area contributed by atoms with Crippen LogP contribution in [0.4, 0.5) is 0 Å². The lowest BCUT2D eigenvalue weighted by Gasteiger charge is -2.01. The van der Waals surface area contributed by atoms with Gasteiger partial charge in [0.25, 0.3) is 0 Å². The minimum absolute atomic E-state index is 0.236. The van der Waals surface area contributed by atoms with Gasteiger partial charge in [-0.15, -0.1) is 0 Å². The number of esters is 1. The van der Waals surface area contributed by atoms with E-state index in [2.05, 4.69) is 4.74 Å². The van der Waals surface area contributed by atoms with E-state index in [0.717, 1.165) is 22.2 Å². The summed E-state index contributed by atoms with van der Waals surface area (Å²) in [5.41, 5.74) is 2.03. The van der Waals surface area contributed by atoms with Crippen LogP contribution in [0, 0.1) is 0 Å². The Bertz CT molecular complexity index is 557. The van der Waals surface area contributed by atoms with Crippen LogP contribution >= 0.6 is 0 Å². The van der Waals surface area contributed by atoms with Crippen molar-refractivity contribution in [1.29, 1.82) is 0 Å². The second kappa shape index (κ2) is 4.49. The number of aromatic nitrogens is 1. The summed E-state index contributed by atoms with van der Waals surface area (Å²) < 4.78 is 11.9. The van der Waals surface area contributed by atoms with Crippen molar-refractivity contribution in [2.45, 2.75) is 6.42 Å². The van der Waals surface area contributed by atoms with E-state index in [-0.39, 0.29) is 12.4 Å². The van der Waals surface area contributed by atoms with Gasteiger partial charge in [0, 0.05) is 24.1 Å². The molecule has 0 fully saturated rings. The fraction of sp³-hybridized carbons (Fsp3) is 0.308. The number of nitrogens with zero attached hydrogens (tertiary/aromatic N) is 1. The lowest BCUT2D eigenvalue weighted by atomic mass is 10.1. The number of aryl methyl sites for hydroxylation is 1. The maximum atomic E-state index is 11.3. The molecule has 2 rings (SSSR count). The number of ether oxygens (including phenoxy) is 2. The van der Waals surface area contributed by atoms with Crippen molar-refractivity contribution in [3.63, 3.8) is 0 Å². The number of carbonyl (C=O) groups excluding carboxylic acids is 1. The summed E-state index contributed by atoms with van der Waals surface area (Å²) in [7, 11) is 4.98. The summed E-state index contributed by atoms with van der Waals surface area (Å²) in [6.07, 6.45) is 2.22. The molecule has 90 valence electrons. The van der Waals surface area contributed by atoms with Crippen molar-refractivity contribution >= 4 is 16.9 Å². The number of carbonyl (C=O) groups is 1. The minimum atomic E-state index is -0.236. The molecule has 17 heavy (non-hydrogen) atoms. The molecule has 0 aliphatic heterocycles. The molecule has 0 aliphatic carbocycles. The highest BCUT2D eigenvalue weighted by Crippen LogP contribution is 2.25. The first kappa shape index (κ1) is 11.5. The fourth-order valence-corrected chi connectivity index (χ4v) is 1.95. The number of methoxy groups -OCH3 is 2. The quantitative estimate of drug-likeness (QED) is 0.760. The van der Waals surface area contributed by atoms with Crippen molar-refractivity contribution in [2.24, 2.45) is 7.05 Å². The normalized spacial score (nSPS) is 10.5. The van der Waals surface area contributed by atoms with Gasteiger partial charge in [-0.1, -0.05) is 0 Å². The minimum Gasteiger partial charge on any atom is -0.497 e. The van der Waals surface area contributed by atoms with Gasteiger partial charge < -0.3 is 14.0 Å². The van der Waals surface area contributed by atoms with Crippen LogP contribution in [-0.2, 0) is 23.0 Å². The molecule has 1 aromatic heterocycles. The van der Waals surface area contributed by atoms with Gasteiger partial charge in [0.1, 0.15) is 5.75 Å². The molecule has 0 saturated heterocycles. The second-order valence-corrected chi connectivity index (χ2v) is 3.90. The van der Waals surface area contributed by atoms with Crippen LogP contribution in [0.15, 0.2) is 24.4 Å². The summed E-state index contributed by atoms with van der Waals surface area (Å²) in [6.45, 7) is 0. The van der Waals surface area contributed by atoms with Gasteiger partial charge >= 0.3 is 5.97 Å². The molecule has 1 aromatic carbocycles. The molecule has 0 unspecified atom stereocenters. The third kappa shape index (κ3) is 2.11. The molecule has 0 amide bonds. The van der Waals surface area contributed by atoms with Crippen molar-refractivity contribution in [2.75, 3.05) is 14.2 Å². The smallest absolute Gasteiger partial charge is 0.310 e. The van der Waals surface area contributed by atoms with Crippen molar-refractivity contribution in [1.82, 2.24) is 4.57 Å². The molecule has 0 bridgehead atoms. The molecule has 0 radical (unpaired) electrons. The Morgan fingerprint density at radius 2 is 2.12 bits per heavy atom. The Balaban J connectivity index is 2.51. The van der Waals surface area contributed by atoms with E-state index in [1.807, 2.05) is 36.0 Å². The third-order valence-corrected chi connectivity index (χ3v) is 2.84.